The molecule has 0 aliphatic carbocycles. The normalized spacial score (nSPS) is 22.2. The van der Waals surface area contributed by atoms with Crippen molar-refractivity contribution in [1.82, 2.24) is 19.4 Å². The van der Waals surface area contributed by atoms with Crippen LogP contribution < -0.4 is 4.74 Å². The Hall–Kier alpha value is -1.85. The molecule has 0 spiro atoms. The van der Waals surface area contributed by atoms with Crippen LogP contribution in [0.4, 0.5) is 0 Å². The van der Waals surface area contributed by atoms with Crippen molar-refractivity contribution in [3.05, 3.63) is 48.0 Å². The van der Waals surface area contributed by atoms with Gasteiger partial charge in [-0.1, -0.05) is 18.2 Å². The van der Waals surface area contributed by atoms with E-state index >= 15 is 0 Å². The maximum absolute atomic E-state index is 5.92. The van der Waals surface area contributed by atoms with E-state index in [9.17, 15) is 0 Å². The van der Waals surface area contributed by atoms with Gasteiger partial charge >= 0.3 is 0 Å². The fraction of sp³-hybridized carbons (Fsp3) is 0.550. The third kappa shape index (κ3) is 4.05. The molecule has 0 amide bonds. The third-order valence-electron chi connectivity index (χ3n) is 5.53. The molecule has 1 saturated heterocycles. The van der Waals surface area contributed by atoms with Crippen LogP contribution in [0.15, 0.2) is 36.7 Å². The van der Waals surface area contributed by atoms with E-state index < -0.39 is 0 Å². The average Bonchev–Trinajstić information content (AvgIpc) is 2.91. The molecule has 1 aromatic carbocycles. The molecule has 1 fully saturated rings. The van der Waals surface area contributed by atoms with Crippen molar-refractivity contribution in [3.8, 4) is 5.75 Å². The summed E-state index contributed by atoms with van der Waals surface area (Å²) in [6.45, 7) is 7.57. The van der Waals surface area contributed by atoms with Gasteiger partial charge in [-0.05, 0) is 30.4 Å². The zero-order chi connectivity index (χ0) is 17.1. The second-order valence-electron chi connectivity index (χ2n) is 7.35. The molecular weight excluding hydrogens is 312 g/mol. The highest BCUT2D eigenvalue weighted by Crippen LogP contribution is 2.27. The summed E-state index contributed by atoms with van der Waals surface area (Å²) < 4.78 is 8.04. The van der Waals surface area contributed by atoms with Crippen molar-refractivity contribution in [2.75, 3.05) is 39.3 Å². The number of piperazine rings is 1. The Morgan fingerprint density at radius 2 is 1.92 bits per heavy atom. The van der Waals surface area contributed by atoms with Crippen molar-refractivity contribution in [3.63, 3.8) is 0 Å². The third-order valence-corrected chi connectivity index (χ3v) is 5.53. The number of aryl methyl sites for hydroxylation is 1. The van der Waals surface area contributed by atoms with Crippen LogP contribution in [0.3, 0.4) is 0 Å². The van der Waals surface area contributed by atoms with Crippen molar-refractivity contribution in [1.29, 1.82) is 0 Å². The topological polar surface area (TPSA) is 33.5 Å². The maximum atomic E-state index is 5.92. The molecule has 2 aliphatic rings. The quantitative estimate of drug-likeness (QED) is 0.854. The fourth-order valence-corrected chi connectivity index (χ4v) is 3.96. The first kappa shape index (κ1) is 16.6. The van der Waals surface area contributed by atoms with Gasteiger partial charge in [0.25, 0.3) is 0 Å². The van der Waals surface area contributed by atoms with Gasteiger partial charge in [0.15, 0.2) is 0 Å². The lowest BCUT2D eigenvalue weighted by atomic mass is 9.96. The van der Waals surface area contributed by atoms with Gasteiger partial charge < -0.3 is 14.2 Å². The van der Waals surface area contributed by atoms with E-state index in [2.05, 4.69) is 50.7 Å². The van der Waals surface area contributed by atoms with Crippen molar-refractivity contribution in [2.24, 2.45) is 13.0 Å². The van der Waals surface area contributed by atoms with Gasteiger partial charge in [-0.25, -0.2) is 4.98 Å². The summed E-state index contributed by atoms with van der Waals surface area (Å²) in [7, 11) is 2.07. The molecule has 2 aromatic rings. The summed E-state index contributed by atoms with van der Waals surface area (Å²) in [5, 5.41) is 0. The zero-order valence-electron chi connectivity index (χ0n) is 15.1. The molecule has 3 heterocycles. The maximum Gasteiger partial charge on any atom is 0.122 e. The smallest absolute Gasteiger partial charge is 0.122 e. The lowest BCUT2D eigenvalue weighted by Crippen LogP contribution is -2.47. The summed E-state index contributed by atoms with van der Waals surface area (Å²) in [6.07, 6.45) is 6.21. The Morgan fingerprint density at radius 3 is 2.72 bits per heavy atom. The van der Waals surface area contributed by atoms with Gasteiger partial charge in [0.1, 0.15) is 11.6 Å². The monoisotopic (exact) mass is 340 g/mol. The van der Waals surface area contributed by atoms with Crippen LogP contribution in [0.2, 0.25) is 0 Å². The van der Waals surface area contributed by atoms with Crippen molar-refractivity contribution in [2.45, 2.75) is 19.4 Å². The number of fused-ring (bicyclic) bond motifs is 1. The van der Waals surface area contributed by atoms with E-state index in [1.54, 1.807) is 0 Å². The van der Waals surface area contributed by atoms with Crippen LogP contribution in [-0.4, -0.2) is 58.7 Å². The Labute approximate surface area is 150 Å². The van der Waals surface area contributed by atoms with Crippen molar-refractivity contribution < 1.29 is 4.74 Å². The number of hydrogen-bond donors (Lipinski definition) is 0. The molecule has 0 saturated carbocycles. The van der Waals surface area contributed by atoms with Crippen molar-refractivity contribution >= 4 is 0 Å². The van der Waals surface area contributed by atoms with Crippen LogP contribution in [0.5, 0.6) is 5.75 Å². The first-order valence-corrected chi connectivity index (χ1v) is 9.39. The number of nitrogens with zero attached hydrogens (tertiary/aromatic N) is 4. The van der Waals surface area contributed by atoms with Crippen LogP contribution in [0, 0.1) is 5.92 Å². The molecule has 4 rings (SSSR count). The molecule has 5 nitrogen and oxygen atoms in total. The SMILES string of the molecule is Cn1ccnc1CN1CCN(C[C@H]2CCOc3ccccc3C2)CC1. The molecule has 0 radical (unpaired) electrons. The molecule has 1 aromatic heterocycles. The molecule has 0 N–H and O–H groups in total. The van der Waals surface area contributed by atoms with E-state index in [0.29, 0.717) is 5.92 Å². The number of imidazole rings is 1. The van der Waals surface area contributed by atoms with Crippen LogP contribution in [0.25, 0.3) is 0 Å². The lowest BCUT2D eigenvalue weighted by molar-refractivity contribution is 0.107. The van der Waals surface area contributed by atoms with E-state index in [0.717, 1.165) is 63.7 Å². The largest absolute Gasteiger partial charge is 0.493 e. The number of para-hydroxylation sites is 1. The van der Waals surface area contributed by atoms with Crippen LogP contribution in [0.1, 0.15) is 17.8 Å². The minimum Gasteiger partial charge on any atom is -0.493 e. The molecule has 2 aliphatic heterocycles. The van der Waals surface area contributed by atoms with E-state index in [-0.39, 0.29) is 0 Å². The van der Waals surface area contributed by atoms with Gasteiger partial charge in [0.05, 0.1) is 13.2 Å². The van der Waals surface area contributed by atoms with Crippen LogP contribution in [-0.2, 0) is 20.0 Å². The van der Waals surface area contributed by atoms with E-state index in [4.69, 9.17) is 4.74 Å². The Balaban J connectivity index is 1.28. The molecular formula is C20H28N4O. The lowest BCUT2D eigenvalue weighted by Gasteiger charge is -2.36. The van der Waals surface area contributed by atoms with Crippen LogP contribution >= 0.6 is 0 Å². The summed E-state index contributed by atoms with van der Waals surface area (Å²) >= 11 is 0. The highest BCUT2D eigenvalue weighted by Gasteiger charge is 2.23. The second-order valence-corrected chi connectivity index (χ2v) is 7.35. The predicted molar refractivity (Wildman–Crippen MR) is 98.7 cm³/mol. The first-order valence-electron chi connectivity index (χ1n) is 9.39. The minimum absolute atomic E-state index is 0.699. The molecule has 0 unspecified atom stereocenters. The molecule has 0 bridgehead atoms. The van der Waals surface area contributed by atoms with Gasteiger partial charge in [-0.2, -0.15) is 0 Å². The number of rotatable bonds is 4. The average molecular weight is 340 g/mol. The Bertz CT molecular complexity index is 691. The second kappa shape index (κ2) is 7.58. The number of ether oxygens (including phenoxy) is 1. The van der Waals surface area contributed by atoms with Gasteiger partial charge in [-0.15, -0.1) is 0 Å². The highest BCUT2D eigenvalue weighted by molar-refractivity contribution is 5.34. The summed E-state index contributed by atoms with van der Waals surface area (Å²) in [5.74, 6) is 2.95. The molecule has 5 heteroatoms. The summed E-state index contributed by atoms with van der Waals surface area (Å²) in [5.41, 5.74) is 1.37. The van der Waals surface area contributed by atoms with Gasteiger partial charge in [-0.3, -0.25) is 4.90 Å². The zero-order valence-corrected chi connectivity index (χ0v) is 15.1. The van der Waals surface area contributed by atoms with Gasteiger partial charge in [0, 0.05) is 52.2 Å². The van der Waals surface area contributed by atoms with E-state index in [1.807, 2.05) is 12.4 Å². The molecule has 25 heavy (non-hydrogen) atoms. The summed E-state index contributed by atoms with van der Waals surface area (Å²) in [6, 6.07) is 8.52. The Kier molecular flexibility index (Phi) is 5.04. The van der Waals surface area contributed by atoms with E-state index in [1.165, 1.54) is 12.1 Å². The Morgan fingerprint density at radius 1 is 1.12 bits per heavy atom. The number of hydrogen-bond acceptors (Lipinski definition) is 4. The highest BCUT2D eigenvalue weighted by atomic mass is 16.5. The fourth-order valence-electron chi connectivity index (χ4n) is 3.96. The first-order chi connectivity index (χ1) is 12.3. The summed E-state index contributed by atoms with van der Waals surface area (Å²) in [4.78, 5) is 9.60. The minimum atomic E-state index is 0.699. The molecule has 134 valence electrons. The number of benzene rings is 1. The number of aromatic nitrogens is 2. The standard InChI is InChI=1S/C20H28N4O/c1-22-8-7-21-20(22)16-24-11-9-23(10-12-24)15-17-6-13-25-19-5-3-2-4-18(19)14-17/h2-5,7-8,17H,6,9-16H2,1H3/t17-/m0/s1. The molecule has 1 atom stereocenters. The predicted octanol–water partition coefficient (Wildman–Crippen LogP) is 2.18. The van der Waals surface area contributed by atoms with Gasteiger partial charge in [0.2, 0.25) is 0 Å².